The van der Waals surface area contributed by atoms with Gasteiger partial charge < -0.3 is 10.1 Å². The highest BCUT2D eigenvalue weighted by Crippen LogP contribution is 2.22. The summed E-state index contributed by atoms with van der Waals surface area (Å²) < 4.78 is 5.75. The highest BCUT2D eigenvalue weighted by atomic mass is 16.5. The number of hydrogen-bond acceptors (Lipinski definition) is 3. The number of hydrogen-bond donors (Lipinski definition) is 1. The third-order valence-electron chi connectivity index (χ3n) is 2.46. The van der Waals surface area contributed by atoms with Crippen molar-refractivity contribution < 1.29 is 4.74 Å². The highest BCUT2D eigenvalue weighted by molar-refractivity contribution is 5.09. The molecule has 0 bridgehead atoms. The molecule has 1 aliphatic rings. The van der Waals surface area contributed by atoms with Gasteiger partial charge in [-0.25, -0.2) is 0 Å². The third-order valence-corrected chi connectivity index (χ3v) is 2.46. The van der Waals surface area contributed by atoms with Gasteiger partial charge >= 0.3 is 0 Å². The summed E-state index contributed by atoms with van der Waals surface area (Å²) >= 11 is 0. The van der Waals surface area contributed by atoms with Gasteiger partial charge in [-0.05, 0) is 19.9 Å². The normalized spacial score (nSPS) is 32.9. The molecule has 3 nitrogen and oxygen atoms in total. The largest absolute Gasteiger partial charge is 0.369 e. The van der Waals surface area contributed by atoms with Crippen LogP contribution in [0.25, 0.3) is 0 Å². The standard InChI is InChI=1S/C11H15N2O/c1-8-7-14-11(9(2)13-8)10-5-3-4-6-12-10/h3,5-6,8-9,11,13H,7H2,1-2H3. The van der Waals surface area contributed by atoms with Gasteiger partial charge in [-0.3, -0.25) is 4.98 Å². The van der Waals surface area contributed by atoms with Crippen molar-refractivity contribution in [1.29, 1.82) is 0 Å². The Balaban J connectivity index is 2.12. The zero-order valence-electron chi connectivity index (χ0n) is 8.53. The van der Waals surface area contributed by atoms with E-state index in [2.05, 4.69) is 30.2 Å². The first-order valence-electron chi connectivity index (χ1n) is 4.97. The molecule has 1 N–H and O–H groups in total. The summed E-state index contributed by atoms with van der Waals surface area (Å²) in [7, 11) is 0. The van der Waals surface area contributed by atoms with Crippen molar-refractivity contribution in [3.63, 3.8) is 0 Å². The van der Waals surface area contributed by atoms with Gasteiger partial charge in [0, 0.05) is 24.3 Å². The molecule has 1 aliphatic heterocycles. The summed E-state index contributed by atoms with van der Waals surface area (Å²) in [5, 5.41) is 3.45. The number of rotatable bonds is 1. The van der Waals surface area contributed by atoms with Crippen LogP contribution in [0.1, 0.15) is 25.6 Å². The number of aromatic nitrogens is 1. The van der Waals surface area contributed by atoms with Gasteiger partial charge in [0.25, 0.3) is 0 Å². The monoisotopic (exact) mass is 191 g/mol. The molecule has 2 heterocycles. The molecule has 0 spiro atoms. The molecule has 3 heteroatoms. The van der Waals surface area contributed by atoms with Crippen LogP contribution in [0.5, 0.6) is 0 Å². The Kier molecular flexibility index (Phi) is 2.79. The van der Waals surface area contributed by atoms with Crippen LogP contribution in [0.15, 0.2) is 18.3 Å². The van der Waals surface area contributed by atoms with Crippen LogP contribution in [0, 0.1) is 6.07 Å². The second kappa shape index (κ2) is 4.07. The maximum atomic E-state index is 5.75. The molecule has 0 aliphatic carbocycles. The molecule has 75 valence electrons. The lowest BCUT2D eigenvalue weighted by atomic mass is 10.1. The molecule has 1 aromatic rings. The molecule has 1 aromatic heterocycles. The van der Waals surface area contributed by atoms with Crippen molar-refractivity contribution in [2.75, 3.05) is 6.61 Å². The Morgan fingerprint density at radius 2 is 2.43 bits per heavy atom. The minimum atomic E-state index is 0.0702. The number of morpholine rings is 1. The summed E-state index contributed by atoms with van der Waals surface area (Å²) in [4.78, 5) is 4.26. The lowest BCUT2D eigenvalue weighted by Gasteiger charge is -2.33. The maximum absolute atomic E-state index is 5.75. The van der Waals surface area contributed by atoms with Crippen molar-refractivity contribution in [3.8, 4) is 0 Å². The van der Waals surface area contributed by atoms with E-state index >= 15 is 0 Å². The van der Waals surface area contributed by atoms with Crippen LogP contribution in [-0.4, -0.2) is 23.7 Å². The maximum Gasteiger partial charge on any atom is 0.114 e. The fourth-order valence-corrected chi connectivity index (χ4v) is 1.82. The Morgan fingerprint density at radius 1 is 1.57 bits per heavy atom. The molecule has 1 radical (unpaired) electrons. The molecule has 2 rings (SSSR count). The molecular formula is C11H15N2O. The fraction of sp³-hybridized carbons (Fsp3) is 0.545. The molecule has 1 saturated heterocycles. The quantitative estimate of drug-likeness (QED) is 0.727. The van der Waals surface area contributed by atoms with Crippen molar-refractivity contribution in [3.05, 3.63) is 30.1 Å². The minimum absolute atomic E-state index is 0.0702. The van der Waals surface area contributed by atoms with E-state index in [0.717, 1.165) is 12.3 Å². The predicted molar refractivity (Wildman–Crippen MR) is 53.8 cm³/mol. The van der Waals surface area contributed by atoms with Gasteiger partial charge in [-0.2, -0.15) is 0 Å². The first-order valence-corrected chi connectivity index (χ1v) is 4.97. The van der Waals surface area contributed by atoms with Crippen molar-refractivity contribution in [1.82, 2.24) is 10.3 Å². The zero-order chi connectivity index (χ0) is 9.97. The summed E-state index contributed by atoms with van der Waals surface area (Å²) in [6.45, 7) is 4.99. The topological polar surface area (TPSA) is 34.1 Å². The lowest BCUT2D eigenvalue weighted by molar-refractivity contribution is -0.0230. The molecular weight excluding hydrogens is 176 g/mol. The molecule has 3 unspecified atom stereocenters. The van der Waals surface area contributed by atoms with E-state index in [1.165, 1.54) is 0 Å². The van der Waals surface area contributed by atoms with Crippen molar-refractivity contribution in [2.24, 2.45) is 0 Å². The molecule has 1 fully saturated rings. The van der Waals surface area contributed by atoms with E-state index in [9.17, 15) is 0 Å². The molecule has 0 saturated carbocycles. The number of pyridine rings is 1. The van der Waals surface area contributed by atoms with Gasteiger partial charge in [-0.15, -0.1) is 0 Å². The first-order chi connectivity index (χ1) is 6.77. The smallest absolute Gasteiger partial charge is 0.114 e. The van der Waals surface area contributed by atoms with Gasteiger partial charge in [-0.1, -0.05) is 6.07 Å². The summed E-state index contributed by atoms with van der Waals surface area (Å²) in [6, 6.07) is 7.48. The number of ether oxygens (including phenoxy) is 1. The summed E-state index contributed by atoms with van der Waals surface area (Å²) in [6.07, 6.45) is 1.75. The van der Waals surface area contributed by atoms with Crippen LogP contribution in [0.3, 0.4) is 0 Å². The first kappa shape index (κ1) is 9.62. The Morgan fingerprint density at radius 3 is 3.07 bits per heavy atom. The van der Waals surface area contributed by atoms with Crippen LogP contribution in [0.2, 0.25) is 0 Å². The van der Waals surface area contributed by atoms with Gasteiger partial charge in [0.1, 0.15) is 6.10 Å². The van der Waals surface area contributed by atoms with E-state index in [0.29, 0.717) is 12.1 Å². The minimum Gasteiger partial charge on any atom is -0.369 e. The van der Waals surface area contributed by atoms with Crippen LogP contribution in [0.4, 0.5) is 0 Å². The second-order valence-electron chi connectivity index (χ2n) is 3.79. The average molecular weight is 191 g/mol. The summed E-state index contributed by atoms with van der Waals surface area (Å²) in [5.74, 6) is 0. The van der Waals surface area contributed by atoms with Crippen LogP contribution >= 0.6 is 0 Å². The molecule has 3 atom stereocenters. The Labute approximate surface area is 84.5 Å². The Bertz CT molecular complexity index is 289. The third kappa shape index (κ3) is 1.94. The lowest BCUT2D eigenvalue weighted by Crippen LogP contribution is -2.47. The molecule has 14 heavy (non-hydrogen) atoms. The van der Waals surface area contributed by atoms with Gasteiger partial charge in [0.05, 0.1) is 12.3 Å². The zero-order valence-corrected chi connectivity index (χ0v) is 8.53. The fourth-order valence-electron chi connectivity index (χ4n) is 1.82. The van der Waals surface area contributed by atoms with Gasteiger partial charge in [0.2, 0.25) is 0 Å². The van der Waals surface area contributed by atoms with E-state index in [4.69, 9.17) is 4.74 Å². The Hall–Kier alpha value is -0.930. The second-order valence-corrected chi connectivity index (χ2v) is 3.79. The summed E-state index contributed by atoms with van der Waals surface area (Å²) in [5.41, 5.74) is 0.982. The van der Waals surface area contributed by atoms with Crippen LogP contribution < -0.4 is 5.32 Å². The molecule has 0 aromatic carbocycles. The number of nitrogens with zero attached hydrogens (tertiary/aromatic N) is 1. The van der Waals surface area contributed by atoms with E-state index in [1.54, 1.807) is 6.20 Å². The number of nitrogens with one attached hydrogen (secondary N) is 1. The highest BCUT2D eigenvalue weighted by Gasteiger charge is 2.27. The van der Waals surface area contributed by atoms with Crippen molar-refractivity contribution in [2.45, 2.75) is 32.0 Å². The van der Waals surface area contributed by atoms with E-state index in [-0.39, 0.29) is 6.10 Å². The van der Waals surface area contributed by atoms with Gasteiger partial charge in [0.15, 0.2) is 0 Å². The van der Waals surface area contributed by atoms with E-state index < -0.39 is 0 Å². The van der Waals surface area contributed by atoms with E-state index in [1.807, 2.05) is 12.1 Å². The average Bonchev–Trinajstić information content (AvgIpc) is 2.19. The van der Waals surface area contributed by atoms with Crippen molar-refractivity contribution >= 4 is 0 Å². The SMILES string of the molecule is CC1COC(c2cc[c]cn2)C(C)N1. The van der Waals surface area contributed by atoms with Crippen LogP contribution in [-0.2, 0) is 4.74 Å². The molecule has 0 amide bonds. The predicted octanol–water partition coefficient (Wildman–Crippen LogP) is 1.32.